The van der Waals surface area contributed by atoms with Crippen LogP contribution in [-0.4, -0.2) is 15.7 Å². The Labute approximate surface area is 158 Å². The van der Waals surface area contributed by atoms with E-state index in [1.165, 1.54) is 0 Å². The second kappa shape index (κ2) is 7.75. The Hall–Kier alpha value is -2.59. The van der Waals surface area contributed by atoms with Crippen LogP contribution in [0.25, 0.3) is 5.69 Å². The highest BCUT2D eigenvalue weighted by molar-refractivity contribution is 6.30. The molecule has 0 bridgehead atoms. The van der Waals surface area contributed by atoms with E-state index in [1.54, 1.807) is 0 Å². The zero-order valence-electron chi connectivity index (χ0n) is 15.2. The number of amides is 1. The van der Waals surface area contributed by atoms with Crippen LogP contribution in [0.5, 0.6) is 0 Å². The Balaban J connectivity index is 1.82. The van der Waals surface area contributed by atoms with Crippen LogP contribution in [0.1, 0.15) is 29.4 Å². The van der Waals surface area contributed by atoms with Gasteiger partial charge in [0.2, 0.25) is 5.91 Å². The van der Waals surface area contributed by atoms with Crippen LogP contribution >= 0.6 is 11.6 Å². The average molecular weight is 368 g/mol. The molecule has 0 atom stereocenters. The summed E-state index contributed by atoms with van der Waals surface area (Å²) in [6, 6.07) is 15.4. The maximum Gasteiger partial charge on any atom is 0.228 e. The number of nitrogens with one attached hydrogen (secondary N) is 1. The number of benzene rings is 2. The molecule has 134 valence electrons. The Bertz CT molecular complexity index is 929. The van der Waals surface area contributed by atoms with Crippen molar-refractivity contribution in [2.24, 2.45) is 0 Å². The van der Waals surface area contributed by atoms with Crippen LogP contribution in [0.2, 0.25) is 5.02 Å². The first-order chi connectivity index (χ1) is 12.5. The van der Waals surface area contributed by atoms with Gasteiger partial charge in [0.05, 0.1) is 17.8 Å². The lowest BCUT2D eigenvalue weighted by atomic mass is 10.1. The van der Waals surface area contributed by atoms with Gasteiger partial charge in [-0.15, -0.1) is 0 Å². The smallest absolute Gasteiger partial charge is 0.228 e. The normalized spacial score (nSPS) is 10.8. The lowest BCUT2D eigenvalue weighted by Crippen LogP contribution is -2.16. The highest BCUT2D eigenvalue weighted by Gasteiger charge is 2.16. The molecule has 1 N–H and O–H groups in total. The minimum Gasteiger partial charge on any atom is -0.326 e. The Morgan fingerprint density at radius 1 is 1.12 bits per heavy atom. The lowest BCUT2D eigenvalue weighted by molar-refractivity contribution is -0.115. The van der Waals surface area contributed by atoms with Crippen LogP contribution in [0.4, 0.5) is 5.69 Å². The van der Waals surface area contributed by atoms with Crippen molar-refractivity contribution < 1.29 is 4.79 Å². The van der Waals surface area contributed by atoms with Crippen molar-refractivity contribution >= 4 is 23.2 Å². The van der Waals surface area contributed by atoms with Gasteiger partial charge in [0, 0.05) is 22.0 Å². The number of carbonyl (C=O) groups is 1. The Kier molecular flexibility index (Phi) is 5.43. The van der Waals surface area contributed by atoms with Gasteiger partial charge in [-0.25, -0.2) is 4.68 Å². The zero-order chi connectivity index (χ0) is 18.7. The second-order valence-electron chi connectivity index (χ2n) is 6.27. The van der Waals surface area contributed by atoms with E-state index in [-0.39, 0.29) is 5.91 Å². The average Bonchev–Trinajstić information content (AvgIpc) is 2.91. The van der Waals surface area contributed by atoms with Gasteiger partial charge >= 0.3 is 0 Å². The van der Waals surface area contributed by atoms with E-state index in [1.807, 2.05) is 67.1 Å². The van der Waals surface area contributed by atoms with Gasteiger partial charge in [0.15, 0.2) is 0 Å². The van der Waals surface area contributed by atoms with E-state index in [0.717, 1.165) is 40.3 Å². The second-order valence-corrected chi connectivity index (χ2v) is 6.71. The van der Waals surface area contributed by atoms with Gasteiger partial charge in [-0.1, -0.05) is 36.7 Å². The molecule has 0 saturated carbocycles. The number of aromatic nitrogens is 2. The fourth-order valence-corrected chi connectivity index (χ4v) is 3.20. The van der Waals surface area contributed by atoms with Gasteiger partial charge in [0.1, 0.15) is 0 Å². The molecule has 0 saturated heterocycles. The molecule has 0 aliphatic carbocycles. The molecule has 1 heterocycles. The molecule has 1 amide bonds. The predicted molar refractivity (Wildman–Crippen MR) is 106 cm³/mol. The summed E-state index contributed by atoms with van der Waals surface area (Å²) in [5.41, 5.74) is 5.70. The third-order valence-corrected chi connectivity index (χ3v) is 4.77. The molecule has 0 aliphatic rings. The monoisotopic (exact) mass is 367 g/mol. The maximum absolute atomic E-state index is 12.6. The van der Waals surface area contributed by atoms with Crippen molar-refractivity contribution in [2.75, 3.05) is 5.32 Å². The van der Waals surface area contributed by atoms with Crippen molar-refractivity contribution in [3.63, 3.8) is 0 Å². The molecule has 0 fully saturated rings. The first kappa shape index (κ1) is 18.2. The summed E-state index contributed by atoms with van der Waals surface area (Å²) in [7, 11) is 0. The fraction of sp³-hybridized carbons (Fsp3) is 0.238. The SMILES string of the molecule is CCc1ccccc1NC(=O)Cc1c(C)nn(-c2ccc(Cl)cc2)c1C. The predicted octanol–water partition coefficient (Wildman–Crippen LogP) is 4.89. The summed E-state index contributed by atoms with van der Waals surface area (Å²) in [5, 5.41) is 8.31. The molecule has 26 heavy (non-hydrogen) atoms. The van der Waals surface area contributed by atoms with Crippen molar-refractivity contribution in [1.82, 2.24) is 9.78 Å². The first-order valence-corrected chi connectivity index (χ1v) is 9.06. The number of anilines is 1. The minimum atomic E-state index is -0.0345. The topological polar surface area (TPSA) is 46.9 Å². The molecule has 2 aromatic carbocycles. The molecular weight excluding hydrogens is 346 g/mol. The standard InChI is InChI=1S/C21H22ClN3O/c1-4-16-7-5-6-8-20(16)23-21(26)13-19-14(2)24-25(15(19)3)18-11-9-17(22)10-12-18/h5-12H,4,13H2,1-3H3,(H,23,26). The molecule has 3 rings (SSSR count). The molecule has 0 aliphatic heterocycles. The largest absolute Gasteiger partial charge is 0.326 e. The molecule has 0 spiro atoms. The molecule has 3 aromatic rings. The van der Waals surface area contributed by atoms with Crippen molar-refractivity contribution in [3.05, 3.63) is 76.1 Å². The van der Waals surface area contributed by atoms with Gasteiger partial charge in [-0.3, -0.25) is 4.79 Å². The van der Waals surface area contributed by atoms with Gasteiger partial charge in [0.25, 0.3) is 0 Å². The summed E-state index contributed by atoms with van der Waals surface area (Å²) in [4.78, 5) is 12.6. The summed E-state index contributed by atoms with van der Waals surface area (Å²) in [5.74, 6) is -0.0345. The highest BCUT2D eigenvalue weighted by Crippen LogP contribution is 2.21. The first-order valence-electron chi connectivity index (χ1n) is 8.68. The summed E-state index contributed by atoms with van der Waals surface area (Å²) < 4.78 is 1.86. The van der Waals surface area contributed by atoms with Gasteiger partial charge in [-0.2, -0.15) is 5.10 Å². The van der Waals surface area contributed by atoms with Gasteiger partial charge < -0.3 is 5.32 Å². The number of carbonyl (C=O) groups excluding carboxylic acids is 1. The van der Waals surface area contributed by atoms with Crippen LogP contribution in [0, 0.1) is 13.8 Å². The van der Waals surface area contributed by atoms with E-state index < -0.39 is 0 Å². The summed E-state index contributed by atoms with van der Waals surface area (Å²) in [6.45, 7) is 5.99. The number of nitrogens with zero attached hydrogens (tertiary/aromatic N) is 2. The van der Waals surface area contributed by atoms with Crippen molar-refractivity contribution in [1.29, 1.82) is 0 Å². The Morgan fingerprint density at radius 2 is 1.81 bits per heavy atom. The fourth-order valence-electron chi connectivity index (χ4n) is 3.07. The Morgan fingerprint density at radius 3 is 2.50 bits per heavy atom. The summed E-state index contributed by atoms with van der Waals surface area (Å²) >= 11 is 5.96. The number of rotatable bonds is 5. The van der Waals surface area contributed by atoms with Crippen LogP contribution < -0.4 is 5.32 Å². The van der Waals surface area contributed by atoms with Gasteiger partial charge in [-0.05, 0) is 56.2 Å². The third kappa shape index (κ3) is 3.81. The zero-order valence-corrected chi connectivity index (χ0v) is 16.0. The quantitative estimate of drug-likeness (QED) is 0.698. The number of hydrogen-bond acceptors (Lipinski definition) is 2. The third-order valence-electron chi connectivity index (χ3n) is 4.52. The molecule has 0 radical (unpaired) electrons. The molecule has 5 heteroatoms. The van der Waals surface area contributed by atoms with E-state index in [2.05, 4.69) is 17.3 Å². The lowest BCUT2D eigenvalue weighted by Gasteiger charge is -2.10. The molecule has 1 aromatic heterocycles. The van der Waals surface area contributed by atoms with Crippen LogP contribution in [0.15, 0.2) is 48.5 Å². The van der Waals surface area contributed by atoms with E-state index >= 15 is 0 Å². The van der Waals surface area contributed by atoms with Crippen molar-refractivity contribution in [3.8, 4) is 5.69 Å². The van der Waals surface area contributed by atoms with Crippen LogP contribution in [-0.2, 0) is 17.6 Å². The maximum atomic E-state index is 12.6. The van der Waals surface area contributed by atoms with Crippen LogP contribution in [0.3, 0.4) is 0 Å². The molecular formula is C21H22ClN3O. The number of para-hydroxylation sites is 1. The van der Waals surface area contributed by atoms with E-state index in [4.69, 9.17) is 11.6 Å². The molecule has 4 nitrogen and oxygen atoms in total. The van der Waals surface area contributed by atoms with E-state index in [0.29, 0.717) is 11.4 Å². The van der Waals surface area contributed by atoms with E-state index in [9.17, 15) is 4.79 Å². The number of aryl methyl sites for hydroxylation is 2. The summed E-state index contributed by atoms with van der Waals surface area (Å²) in [6.07, 6.45) is 1.17. The minimum absolute atomic E-state index is 0.0345. The molecule has 0 unspecified atom stereocenters. The number of hydrogen-bond donors (Lipinski definition) is 1. The highest BCUT2D eigenvalue weighted by atomic mass is 35.5. The van der Waals surface area contributed by atoms with Crippen molar-refractivity contribution in [2.45, 2.75) is 33.6 Å². The number of halogens is 1.